The SMILES string of the molecule is [CH]1CCCCC1N1C2CCC1CC2. The van der Waals surface area contributed by atoms with Gasteiger partial charge in [0, 0.05) is 18.1 Å². The van der Waals surface area contributed by atoms with Crippen LogP contribution in [0.2, 0.25) is 0 Å². The van der Waals surface area contributed by atoms with Crippen molar-refractivity contribution in [1.82, 2.24) is 4.90 Å². The van der Waals surface area contributed by atoms with Gasteiger partial charge in [-0.15, -0.1) is 0 Å². The van der Waals surface area contributed by atoms with Crippen molar-refractivity contribution in [2.24, 2.45) is 0 Å². The zero-order valence-electron chi connectivity index (χ0n) is 8.41. The van der Waals surface area contributed by atoms with Crippen molar-refractivity contribution >= 4 is 0 Å². The maximum atomic E-state index is 2.86. The molecule has 0 aromatic carbocycles. The molecule has 0 amide bonds. The van der Waals surface area contributed by atoms with Gasteiger partial charge in [-0.25, -0.2) is 0 Å². The average Bonchev–Trinajstić information content (AvgIpc) is 2.78. The van der Waals surface area contributed by atoms with Crippen molar-refractivity contribution in [3.63, 3.8) is 0 Å². The van der Waals surface area contributed by atoms with Crippen molar-refractivity contribution in [3.05, 3.63) is 6.42 Å². The van der Waals surface area contributed by atoms with E-state index in [0.29, 0.717) is 0 Å². The fraction of sp³-hybridized carbons (Fsp3) is 0.917. The monoisotopic (exact) mass is 178 g/mol. The lowest BCUT2D eigenvalue weighted by Gasteiger charge is -2.34. The molecular weight excluding hydrogens is 158 g/mol. The van der Waals surface area contributed by atoms with E-state index in [1.54, 1.807) is 0 Å². The second kappa shape index (κ2) is 3.27. The molecule has 2 saturated heterocycles. The van der Waals surface area contributed by atoms with Gasteiger partial charge in [0.05, 0.1) is 0 Å². The summed E-state index contributed by atoms with van der Waals surface area (Å²) >= 11 is 0. The van der Waals surface area contributed by atoms with Crippen LogP contribution < -0.4 is 0 Å². The maximum Gasteiger partial charge on any atom is 0.0133 e. The van der Waals surface area contributed by atoms with E-state index in [-0.39, 0.29) is 0 Å². The predicted molar refractivity (Wildman–Crippen MR) is 54.4 cm³/mol. The molecule has 13 heavy (non-hydrogen) atoms. The summed E-state index contributed by atoms with van der Waals surface area (Å²) in [7, 11) is 0. The predicted octanol–water partition coefficient (Wildman–Crippen LogP) is 2.76. The maximum absolute atomic E-state index is 2.86. The molecule has 1 nitrogen and oxygen atoms in total. The van der Waals surface area contributed by atoms with Crippen molar-refractivity contribution in [3.8, 4) is 0 Å². The van der Waals surface area contributed by atoms with E-state index in [0.717, 1.165) is 18.1 Å². The first-order valence-electron chi connectivity index (χ1n) is 6.06. The van der Waals surface area contributed by atoms with Crippen LogP contribution in [0.3, 0.4) is 0 Å². The number of nitrogens with zero attached hydrogens (tertiary/aromatic N) is 1. The Hall–Kier alpha value is -0.0400. The second-order valence-corrected chi connectivity index (χ2v) is 5.00. The molecule has 3 aliphatic rings. The summed E-state index contributed by atoms with van der Waals surface area (Å²) in [5, 5.41) is 0. The van der Waals surface area contributed by atoms with E-state index in [1.807, 2.05) is 0 Å². The molecule has 2 aliphatic heterocycles. The Balaban J connectivity index is 1.70. The molecule has 1 heteroatoms. The number of hydrogen-bond acceptors (Lipinski definition) is 1. The minimum atomic E-state index is 0.869. The van der Waals surface area contributed by atoms with Crippen LogP contribution in [-0.2, 0) is 0 Å². The molecule has 1 atom stereocenters. The molecule has 1 saturated carbocycles. The number of rotatable bonds is 1. The first-order valence-corrected chi connectivity index (χ1v) is 6.06. The van der Waals surface area contributed by atoms with Crippen molar-refractivity contribution in [1.29, 1.82) is 0 Å². The Kier molecular flexibility index (Phi) is 2.08. The van der Waals surface area contributed by atoms with E-state index in [9.17, 15) is 0 Å². The molecule has 0 aromatic heterocycles. The van der Waals surface area contributed by atoms with Gasteiger partial charge in [-0.05, 0) is 44.9 Å². The van der Waals surface area contributed by atoms with Crippen molar-refractivity contribution in [2.45, 2.75) is 69.5 Å². The van der Waals surface area contributed by atoms with Gasteiger partial charge in [0.2, 0.25) is 0 Å². The molecule has 3 rings (SSSR count). The molecule has 1 unspecified atom stereocenters. The Morgan fingerprint density at radius 3 is 2.08 bits per heavy atom. The molecule has 73 valence electrons. The highest BCUT2D eigenvalue weighted by Gasteiger charge is 2.42. The van der Waals surface area contributed by atoms with Crippen LogP contribution in [0.1, 0.15) is 51.4 Å². The van der Waals surface area contributed by atoms with E-state index in [1.165, 1.54) is 51.4 Å². The summed E-state index contributed by atoms with van der Waals surface area (Å²) < 4.78 is 0. The molecule has 1 radical (unpaired) electrons. The van der Waals surface area contributed by atoms with E-state index >= 15 is 0 Å². The van der Waals surface area contributed by atoms with Crippen LogP contribution in [0, 0.1) is 6.42 Å². The van der Waals surface area contributed by atoms with E-state index in [4.69, 9.17) is 0 Å². The molecule has 3 fully saturated rings. The largest absolute Gasteiger partial charge is 0.294 e. The average molecular weight is 178 g/mol. The summed E-state index contributed by atoms with van der Waals surface area (Å²) in [6, 6.07) is 2.82. The van der Waals surface area contributed by atoms with Gasteiger partial charge in [-0.1, -0.05) is 12.8 Å². The van der Waals surface area contributed by atoms with Gasteiger partial charge in [0.25, 0.3) is 0 Å². The molecular formula is C12H20N. The lowest BCUT2D eigenvalue weighted by Crippen LogP contribution is -2.40. The summed E-state index contributed by atoms with van der Waals surface area (Å²) in [4.78, 5) is 2.86. The van der Waals surface area contributed by atoms with Gasteiger partial charge in [0.1, 0.15) is 0 Å². The highest BCUT2D eigenvalue weighted by atomic mass is 15.3. The van der Waals surface area contributed by atoms with Crippen LogP contribution in [0.25, 0.3) is 0 Å². The summed E-state index contributed by atoms with van der Waals surface area (Å²) in [6.45, 7) is 0. The molecule has 0 N–H and O–H groups in total. The Bertz CT molecular complexity index is 164. The van der Waals surface area contributed by atoms with Gasteiger partial charge in [0.15, 0.2) is 0 Å². The molecule has 1 aliphatic carbocycles. The van der Waals surface area contributed by atoms with Crippen LogP contribution in [0.5, 0.6) is 0 Å². The van der Waals surface area contributed by atoms with Gasteiger partial charge < -0.3 is 0 Å². The van der Waals surface area contributed by atoms with Crippen LogP contribution >= 0.6 is 0 Å². The lowest BCUT2D eigenvalue weighted by atomic mass is 9.94. The van der Waals surface area contributed by atoms with E-state index in [2.05, 4.69) is 11.3 Å². The smallest absolute Gasteiger partial charge is 0.0133 e. The molecule has 2 bridgehead atoms. The van der Waals surface area contributed by atoms with Crippen molar-refractivity contribution in [2.75, 3.05) is 0 Å². The first kappa shape index (κ1) is 8.28. The zero-order chi connectivity index (χ0) is 8.67. The standard InChI is InChI=1S/C12H20N/c1-2-4-10(5-3-1)13-11-6-7-12(13)9-8-11/h4,10-12H,1-3,5-9H2. The van der Waals surface area contributed by atoms with Gasteiger partial charge >= 0.3 is 0 Å². The van der Waals surface area contributed by atoms with Crippen LogP contribution in [0.15, 0.2) is 0 Å². The third-order valence-corrected chi connectivity index (χ3v) is 4.29. The summed E-state index contributed by atoms with van der Waals surface area (Å²) in [5.41, 5.74) is 0. The minimum absolute atomic E-state index is 0.869. The minimum Gasteiger partial charge on any atom is -0.294 e. The lowest BCUT2D eigenvalue weighted by molar-refractivity contribution is 0.172. The highest BCUT2D eigenvalue weighted by molar-refractivity contribution is 5.02. The third kappa shape index (κ3) is 1.32. The second-order valence-electron chi connectivity index (χ2n) is 5.00. The Morgan fingerprint density at radius 1 is 0.846 bits per heavy atom. The number of fused-ring (bicyclic) bond motifs is 2. The highest BCUT2D eigenvalue weighted by Crippen LogP contribution is 2.41. The van der Waals surface area contributed by atoms with Crippen LogP contribution in [0.4, 0.5) is 0 Å². The summed E-state index contributed by atoms with van der Waals surface area (Å²) in [6.07, 6.45) is 14.3. The zero-order valence-corrected chi connectivity index (χ0v) is 8.41. The topological polar surface area (TPSA) is 3.24 Å². The fourth-order valence-electron chi connectivity index (χ4n) is 3.69. The molecule has 0 spiro atoms. The molecule has 2 heterocycles. The van der Waals surface area contributed by atoms with Crippen LogP contribution in [-0.4, -0.2) is 23.0 Å². The summed E-state index contributed by atoms with van der Waals surface area (Å²) in [5.74, 6) is 0. The first-order chi connectivity index (χ1) is 6.45. The third-order valence-electron chi connectivity index (χ3n) is 4.29. The normalized spacial score (nSPS) is 41.5. The molecule has 0 aromatic rings. The van der Waals surface area contributed by atoms with Gasteiger partial charge in [-0.3, -0.25) is 4.90 Å². The Morgan fingerprint density at radius 2 is 1.54 bits per heavy atom. The fourth-order valence-corrected chi connectivity index (χ4v) is 3.69. The number of hydrogen-bond donors (Lipinski definition) is 0. The van der Waals surface area contributed by atoms with Crippen molar-refractivity contribution < 1.29 is 0 Å². The quantitative estimate of drug-likeness (QED) is 0.597. The van der Waals surface area contributed by atoms with E-state index < -0.39 is 0 Å². The van der Waals surface area contributed by atoms with Gasteiger partial charge in [-0.2, -0.15) is 0 Å². The Labute approximate surface area is 81.5 Å².